The van der Waals surface area contributed by atoms with Gasteiger partial charge in [-0.3, -0.25) is 0 Å². The second-order valence-corrected chi connectivity index (χ2v) is 6.81. The Morgan fingerprint density at radius 2 is 2.28 bits per heavy atom. The summed E-state index contributed by atoms with van der Waals surface area (Å²) in [6, 6.07) is 8.16. The number of carbonyl (C=O) groups is 1. The maximum Gasteiger partial charge on any atom is 0.321 e. The lowest BCUT2D eigenvalue weighted by molar-refractivity contribution is 0.0841. The van der Waals surface area contributed by atoms with Gasteiger partial charge in [0.25, 0.3) is 0 Å². The third-order valence-corrected chi connectivity index (χ3v) is 4.65. The third kappa shape index (κ3) is 5.20. The van der Waals surface area contributed by atoms with Gasteiger partial charge >= 0.3 is 6.03 Å². The highest BCUT2D eigenvalue weighted by Gasteiger charge is 2.23. The summed E-state index contributed by atoms with van der Waals surface area (Å²) in [6.45, 7) is 8.07. The number of amides is 2. The molecule has 5 nitrogen and oxygen atoms in total. The average Bonchev–Trinajstić information content (AvgIpc) is 3.11. The van der Waals surface area contributed by atoms with Crippen LogP contribution in [0.15, 0.2) is 18.2 Å². The van der Waals surface area contributed by atoms with Gasteiger partial charge in [0.1, 0.15) is 0 Å². The van der Waals surface area contributed by atoms with Crippen molar-refractivity contribution in [3.8, 4) is 6.07 Å². The number of rotatable bonds is 7. The number of anilines is 1. The molecule has 0 aliphatic carbocycles. The van der Waals surface area contributed by atoms with Gasteiger partial charge in [-0.2, -0.15) is 5.26 Å². The van der Waals surface area contributed by atoms with E-state index in [4.69, 9.17) is 10.00 Å². The van der Waals surface area contributed by atoms with Crippen LogP contribution in [0.5, 0.6) is 0 Å². The number of carbonyl (C=O) groups excluding carboxylic acids is 1. The van der Waals surface area contributed by atoms with Gasteiger partial charge in [0.2, 0.25) is 0 Å². The van der Waals surface area contributed by atoms with Gasteiger partial charge in [-0.05, 0) is 36.3 Å². The van der Waals surface area contributed by atoms with Crippen molar-refractivity contribution in [2.24, 2.45) is 0 Å². The summed E-state index contributed by atoms with van der Waals surface area (Å²) in [6.07, 6.45) is 3.27. The quantitative estimate of drug-likeness (QED) is 0.803. The highest BCUT2D eigenvalue weighted by molar-refractivity contribution is 5.91. The number of ether oxygens (including phenoxy) is 1. The molecule has 136 valence electrons. The topological polar surface area (TPSA) is 65.4 Å². The molecule has 2 rings (SSSR count). The molecule has 1 aliphatic rings. The molecule has 1 fully saturated rings. The minimum atomic E-state index is -0.145. The summed E-state index contributed by atoms with van der Waals surface area (Å²) >= 11 is 0. The Kier molecular flexibility index (Phi) is 7.27. The van der Waals surface area contributed by atoms with Crippen molar-refractivity contribution in [3.05, 3.63) is 29.3 Å². The molecule has 25 heavy (non-hydrogen) atoms. The predicted octanol–water partition coefficient (Wildman–Crippen LogP) is 4.30. The molecule has 2 amide bonds. The van der Waals surface area contributed by atoms with Crippen molar-refractivity contribution in [2.75, 3.05) is 25.0 Å². The molecule has 1 saturated heterocycles. The molecule has 5 heteroatoms. The molecule has 0 radical (unpaired) electrons. The van der Waals surface area contributed by atoms with E-state index < -0.39 is 0 Å². The van der Waals surface area contributed by atoms with Gasteiger partial charge in [0.05, 0.1) is 18.6 Å². The zero-order valence-electron chi connectivity index (χ0n) is 15.5. The smallest absolute Gasteiger partial charge is 0.321 e. The maximum atomic E-state index is 12.9. The number of nitrogens with one attached hydrogen (secondary N) is 1. The van der Waals surface area contributed by atoms with Crippen LogP contribution in [0.2, 0.25) is 0 Å². The van der Waals surface area contributed by atoms with Crippen molar-refractivity contribution in [3.63, 3.8) is 0 Å². The predicted molar refractivity (Wildman–Crippen MR) is 99.7 cm³/mol. The SMILES string of the molecule is CCc1cccc(C(C)C)c1NC(=O)N(CCC#N)CC1CCCO1. The van der Waals surface area contributed by atoms with Crippen LogP contribution in [0, 0.1) is 11.3 Å². The Morgan fingerprint density at radius 1 is 1.48 bits per heavy atom. The van der Waals surface area contributed by atoms with E-state index in [-0.39, 0.29) is 12.1 Å². The Bertz CT molecular complexity index is 616. The molecular weight excluding hydrogens is 314 g/mol. The first kappa shape index (κ1) is 19.3. The number of benzene rings is 1. The van der Waals surface area contributed by atoms with Gasteiger partial charge in [-0.15, -0.1) is 0 Å². The summed E-state index contributed by atoms with van der Waals surface area (Å²) < 4.78 is 5.67. The van der Waals surface area contributed by atoms with E-state index in [0.29, 0.717) is 25.4 Å². The summed E-state index contributed by atoms with van der Waals surface area (Å²) in [4.78, 5) is 14.6. The van der Waals surface area contributed by atoms with Crippen LogP contribution in [0.3, 0.4) is 0 Å². The normalized spacial score (nSPS) is 16.7. The monoisotopic (exact) mass is 343 g/mol. The minimum Gasteiger partial charge on any atom is -0.376 e. The van der Waals surface area contributed by atoms with E-state index in [9.17, 15) is 4.79 Å². The molecule has 0 saturated carbocycles. The summed E-state index contributed by atoms with van der Waals surface area (Å²) in [5, 5.41) is 12.0. The number of hydrogen-bond acceptors (Lipinski definition) is 3. The average molecular weight is 343 g/mol. The Morgan fingerprint density at radius 3 is 2.88 bits per heavy atom. The summed E-state index contributed by atoms with van der Waals surface area (Å²) in [5.74, 6) is 0.326. The molecule has 1 atom stereocenters. The van der Waals surface area contributed by atoms with Crippen molar-refractivity contribution in [1.82, 2.24) is 4.90 Å². The summed E-state index contributed by atoms with van der Waals surface area (Å²) in [5.41, 5.74) is 3.20. The summed E-state index contributed by atoms with van der Waals surface area (Å²) in [7, 11) is 0. The molecule has 1 heterocycles. The number of aryl methyl sites for hydroxylation is 1. The first-order valence-electron chi connectivity index (χ1n) is 9.23. The van der Waals surface area contributed by atoms with E-state index in [1.54, 1.807) is 4.90 Å². The van der Waals surface area contributed by atoms with E-state index in [1.165, 1.54) is 0 Å². The van der Waals surface area contributed by atoms with Crippen LogP contribution in [0.1, 0.15) is 57.1 Å². The first-order valence-corrected chi connectivity index (χ1v) is 9.23. The number of urea groups is 1. The maximum absolute atomic E-state index is 12.9. The lowest BCUT2D eigenvalue weighted by Crippen LogP contribution is -2.41. The standard InChI is InChI=1S/C20H29N3O2/c1-4-16-8-5-10-18(15(2)3)19(16)22-20(24)23(12-7-11-21)14-17-9-6-13-25-17/h5,8,10,15,17H,4,6-7,9,12-14H2,1-3H3,(H,22,24). The van der Waals surface area contributed by atoms with Crippen LogP contribution < -0.4 is 5.32 Å². The minimum absolute atomic E-state index is 0.0791. The highest BCUT2D eigenvalue weighted by atomic mass is 16.5. The Labute approximate surface area is 151 Å². The van der Waals surface area contributed by atoms with Gasteiger partial charge < -0.3 is 15.0 Å². The lowest BCUT2D eigenvalue weighted by Gasteiger charge is -2.26. The van der Waals surface area contributed by atoms with Crippen LogP contribution >= 0.6 is 0 Å². The number of para-hydroxylation sites is 1. The van der Waals surface area contributed by atoms with E-state index in [1.807, 2.05) is 6.07 Å². The van der Waals surface area contributed by atoms with E-state index in [0.717, 1.165) is 42.7 Å². The fourth-order valence-corrected chi connectivity index (χ4v) is 3.23. The van der Waals surface area contributed by atoms with Crippen LogP contribution in [-0.4, -0.2) is 36.7 Å². The van der Waals surface area contributed by atoms with Crippen molar-refractivity contribution in [2.45, 2.75) is 58.5 Å². The fourth-order valence-electron chi connectivity index (χ4n) is 3.23. The largest absolute Gasteiger partial charge is 0.376 e. The number of hydrogen-bond donors (Lipinski definition) is 1. The van der Waals surface area contributed by atoms with E-state index >= 15 is 0 Å². The second kappa shape index (κ2) is 9.43. The van der Waals surface area contributed by atoms with Gasteiger partial charge in [0.15, 0.2) is 0 Å². The molecule has 1 aromatic rings. The molecule has 1 N–H and O–H groups in total. The van der Waals surface area contributed by atoms with Crippen LogP contribution in [0.4, 0.5) is 10.5 Å². The molecule has 0 bridgehead atoms. The van der Waals surface area contributed by atoms with E-state index in [2.05, 4.69) is 44.3 Å². The lowest BCUT2D eigenvalue weighted by atomic mass is 9.96. The number of nitriles is 1. The van der Waals surface area contributed by atoms with Gasteiger partial charge in [-0.1, -0.05) is 39.0 Å². The van der Waals surface area contributed by atoms with Crippen molar-refractivity contribution in [1.29, 1.82) is 5.26 Å². The third-order valence-electron chi connectivity index (χ3n) is 4.65. The molecule has 0 aromatic heterocycles. The zero-order chi connectivity index (χ0) is 18.2. The van der Waals surface area contributed by atoms with Gasteiger partial charge in [0, 0.05) is 25.4 Å². The molecule has 1 aromatic carbocycles. The molecule has 0 spiro atoms. The second-order valence-electron chi connectivity index (χ2n) is 6.81. The number of nitrogens with zero attached hydrogens (tertiary/aromatic N) is 2. The van der Waals surface area contributed by atoms with Crippen LogP contribution in [0.25, 0.3) is 0 Å². The van der Waals surface area contributed by atoms with Crippen molar-refractivity contribution < 1.29 is 9.53 Å². The van der Waals surface area contributed by atoms with Crippen LogP contribution in [-0.2, 0) is 11.2 Å². The first-order chi connectivity index (χ1) is 12.1. The molecule has 1 aliphatic heterocycles. The Balaban J connectivity index is 2.17. The Hall–Kier alpha value is -2.06. The zero-order valence-corrected chi connectivity index (χ0v) is 15.5. The highest BCUT2D eigenvalue weighted by Crippen LogP contribution is 2.28. The van der Waals surface area contributed by atoms with Crippen molar-refractivity contribution >= 4 is 11.7 Å². The van der Waals surface area contributed by atoms with Gasteiger partial charge in [-0.25, -0.2) is 4.79 Å². The molecule has 1 unspecified atom stereocenters. The fraction of sp³-hybridized carbons (Fsp3) is 0.600. The molecular formula is C20H29N3O2.